The third kappa shape index (κ3) is 4.39. The molecule has 0 fully saturated rings. The largest absolute Gasteiger partial charge is 0.339 e. The molecule has 1 aromatic rings. The Morgan fingerprint density at radius 1 is 1.43 bits per heavy atom. The van der Waals surface area contributed by atoms with Gasteiger partial charge in [-0.3, -0.25) is 0 Å². The molecule has 4 heteroatoms. The summed E-state index contributed by atoms with van der Waals surface area (Å²) in [5.74, 6) is 1.34. The molecule has 0 N–H and O–H groups in total. The zero-order chi connectivity index (χ0) is 10.8. The molecule has 0 aromatic carbocycles. The molecule has 0 radical (unpaired) electrons. The summed E-state index contributed by atoms with van der Waals surface area (Å²) in [7, 11) is 0. The summed E-state index contributed by atoms with van der Waals surface area (Å²) in [4.78, 5) is 4.19. The molecule has 1 heterocycles. The van der Waals surface area contributed by atoms with Crippen molar-refractivity contribution in [2.75, 3.05) is 0 Å². The molecule has 14 heavy (non-hydrogen) atoms. The first-order chi connectivity index (χ1) is 6.37. The van der Waals surface area contributed by atoms with Crippen LogP contribution in [0.2, 0.25) is 0 Å². The number of rotatable bonds is 3. The van der Waals surface area contributed by atoms with Crippen molar-refractivity contribution in [2.24, 2.45) is 11.3 Å². The van der Waals surface area contributed by atoms with Crippen molar-refractivity contribution in [3.05, 3.63) is 9.72 Å². The Kier molecular flexibility index (Phi) is 3.92. The maximum Gasteiger partial charge on any atom is 0.232 e. The number of nitrogens with zero attached hydrogens (tertiary/aromatic N) is 2. The second-order valence-corrected chi connectivity index (χ2v) is 6.00. The van der Waals surface area contributed by atoms with Crippen molar-refractivity contribution in [2.45, 2.75) is 40.5 Å². The quantitative estimate of drug-likeness (QED) is 0.804. The summed E-state index contributed by atoms with van der Waals surface area (Å²) in [5, 5.41) is 3.77. The van der Waals surface area contributed by atoms with E-state index in [9.17, 15) is 0 Å². The molecule has 0 spiro atoms. The molecule has 0 aliphatic carbocycles. The summed E-state index contributed by atoms with van der Waals surface area (Å²) in [6, 6.07) is 0. The first-order valence-electron chi connectivity index (χ1n) is 4.85. The normalized spacial score (nSPS) is 14.4. The van der Waals surface area contributed by atoms with Gasteiger partial charge in [-0.2, -0.15) is 4.98 Å². The molecule has 1 rings (SSSR count). The molecule has 0 amide bonds. The van der Waals surface area contributed by atoms with E-state index in [1.165, 1.54) is 6.42 Å². The van der Waals surface area contributed by atoms with Crippen LogP contribution in [0, 0.1) is 15.2 Å². The minimum absolute atomic E-state index is 0.368. The molecule has 1 unspecified atom stereocenters. The van der Waals surface area contributed by atoms with Crippen LogP contribution in [0.15, 0.2) is 4.52 Å². The fourth-order valence-corrected chi connectivity index (χ4v) is 2.10. The highest BCUT2D eigenvalue weighted by Gasteiger charge is 2.17. The molecule has 0 aliphatic rings. The average molecular weight is 308 g/mol. The Bertz CT molecular complexity index is 291. The van der Waals surface area contributed by atoms with Crippen LogP contribution in [0.5, 0.6) is 0 Å². The van der Waals surface area contributed by atoms with Gasteiger partial charge in [0.15, 0.2) is 0 Å². The first kappa shape index (κ1) is 11.9. The topological polar surface area (TPSA) is 38.9 Å². The van der Waals surface area contributed by atoms with Crippen LogP contribution in [-0.2, 0) is 6.42 Å². The van der Waals surface area contributed by atoms with Gasteiger partial charge < -0.3 is 4.52 Å². The van der Waals surface area contributed by atoms with Crippen LogP contribution in [0.4, 0.5) is 0 Å². The van der Waals surface area contributed by atoms with Crippen molar-refractivity contribution in [3.8, 4) is 0 Å². The zero-order valence-electron chi connectivity index (χ0n) is 9.17. The zero-order valence-corrected chi connectivity index (χ0v) is 11.3. The second kappa shape index (κ2) is 4.59. The van der Waals surface area contributed by atoms with Gasteiger partial charge in [0.05, 0.1) is 0 Å². The van der Waals surface area contributed by atoms with E-state index < -0.39 is 0 Å². The second-order valence-electron chi connectivity index (χ2n) is 5.03. The highest BCUT2D eigenvalue weighted by Crippen LogP contribution is 2.25. The van der Waals surface area contributed by atoms with E-state index in [2.05, 4.69) is 60.4 Å². The highest BCUT2D eigenvalue weighted by molar-refractivity contribution is 14.1. The lowest BCUT2D eigenvalue weighted by molar-refractivity contribution is 0.282. The summed E-state index contributed by atoms with van der Waals surface area (Å²) in [6.07, 6.45) is 2.05. The molecule has 0 bridgehead atoms. The van der Waals surface area contributed by atoms with Gasteiger partial charge in [-0.15, -0.1) is 0 Å². The van der Waals surface area contributed by atoms with Crippen LogP contribution < -0.4 is 0 Å². The summed E-state index contributed by atoms with van der Waals surface area (Å²) >= 11 is 2.06. The Balaban J connectivity index is 2.45. The number of hydrogen-bond donors (Lipinski definition) is 0. The van der Waals surface area contributed by atoms with E-state index in [0.29, 0.717) is 15.2 Å². The fraction of sp³-hybridized carbons (Fsp3) is 0.800. The van der Waals surface area contributed by atoms with E-state index in [1.807, 2.05) is 0 Å². The number of aromatic nitrogens is 2. The molecule has 1 aromatic heterocycles. The monoisotopic (exact) mass is 308 g/mol. The van der Waals surface area contributed by atoms with Crippen LogP contribution in [-0.4, -0.2) is 10.1 Å². The van der Waals surface area contributed by atoms with Gasteiger partial charge in [-0.25, -0.2) is 0 Å². The van der Waals surface area contributed by atoms with Crippen molar-refractivity contribution >= 4 is 22.6 Å². The first-order valence-corrected chi connectivity index (χ1v) is 5.93. The summed E-state index contributed by atoms with van der Waals surface area (Å²) in [6.45, 7) is 8.98. The Morgan fingerprint density at radius 3 is 2.50 bits per heavy atom. The van der Waals surface area contributed by atoms with E-state index in [-0.39, 0.29) is 0 Å². The Morgan fingerprint density at radius 2 is 2.07 bits per heavy atom. The van der Waals surface area contributed by atoms with Crippen LogP contribution in [0.1, 0.15) is 40.0 Å². The third-order valence-corrected chi connectivity index (χ3v) is 2.37. The Labute approximate surface area is 98.8 Å². The minimum atomic E-state index is 0.368. The predicted octanol–water partition coefficient (Wildman–Crippen LogP) is 3.29. The maximum atomic E-state index is 5.08. The van der Waals surface area contributed by atoms with Gasteiger partial charge in [-0.05, 0) is 17.8 Å². The van der Waals surface area contributed by atoms with Gasteiger partial charge >= 0.3 is 0 Å². The van der Waals surface area contributed by atoms with E-state index >= 15 is 0 Å². The third-order valence-electron chi connectivity index (χ3n) is 1.93. The molecular formula is C10H17IN2O. The lowest BCUT2D eigenvalue weighted by atomic mass is 9.84. The standard InChI is InChI=1S/C10H17IN2O/c1-7(6-10(2,3)4)5-8-12-9(11)13-14-8/h7H,5-6H2,1-4H3. The van der Waals surface area contributed by atoms with Crippen molar-refractivity contribution in [1.29, 1.82) is 0 Å². The molecule has 0 aliphatic heterocycles. The van der Waals surface area contributed by atoms with Crippen molar-refractivity contribution < 1.29 is 4.52 Å². The molecule has 0 saturated carbocycles. The van der Waals surface area contributed by atoms with E-state index in [0.717, 1.165) is 12.3 Å². The number of halogens is 1. The van der Waals surface area contributed by atoms with Gasteiger partial charge in [0, 0.05) is 29.0 Å². The summed E-state index contributed by atoms with van der Waals surface area (Å²) in [5.41, 5.74) is 0.368. The average Bonchev–Trinajstić information content (AvgIpc) is 2.30. The molecule has 0 saturated heterocycles. The van der Waals surface area contributed by atoms with E-state index in [1.54, 1.807) is 0 Å². The fourth-order valence-electron chi connectivity index (χ4n) is 1.73. The predicted molar refractivity (Wildman–Crippen MR) is 64.0 cm³/mol. The van der Waals surface area contributed by atoms with E-state index in [4.69, 9.17) is 4.52 Å². The molecule has 3 nitrogen and oxygen atoms in total. The SMILES string of the molecule is CC(Cc1nc(I)no1)CC(C)(C)C. The van der Waals surface area contributed by atoms with Crippen molar-refractivity contribution in [3.63, 3.8) is 0 Å². The Hall–Kier alpha value is -0.130. The van der Waals surface area contributed by atoms with Crippen LogP contribution >= 0.6 is 22.6 Å². The lowest BCUT2D eigenvalue weighted by Gasteiger charge is -2.21. The maximum absolute atomic E-state index is 5.08. The molecule has 1 atom stereocenters. The smallest absolute Gasteiger partial charge is 0.232 e. The van der Waals surface area contributed by atoms with Crippen LogP contribution in [0.3, 0.4) is 0 Å². The minimum Gasteiger partial charge on any atom is -0.339 e. The summed E-state index contributed by atoms with van der Waals surface area (Å²) < 4.78 is 5.78. The van der Waals surface area contributed by atoms with Gasteiger partial charge in [0.1, 0.15) is 0 Å². The van der Waals surface area contributed by atoms with Gasteiger partial charge in [0.25, 0.3) is 0 Å². The highest BCUT2D eigenvalue weighted by atomic mass is 127. The molecular weight excluding hydrogens is 291 g/mol. The van der Waals surface area contributed by atoms with Gasteiger partial charge in [-0.1, -0.05) is 32.9 Å². The van der Waals surface area contributed by atoms with Crippen molar-refractivity contribution in [1.82, 2.24) is 10.1 Å². The lowest BCUT2D eigenvalue weighted by Crippen LogP contribution is -2.12. The van der Waals surface area contributed by atoms with Gasteiger partial charge in [0.2, 0.25) is 9.72 Å². The molecule has 80 valence electrons. The number of hydrogen-bond acceptors (Lipinski definition) is 3. The van der Waals surface area contributed by atoms with Crippen LogP contribution in [0.25, 0.3) is 0 Å².